The van der Waals surface area contributed by atoms with E-state index in [2.05, 4.69) is 15.5 Å². The molecule has 1 aliphatic carbocycles. The van der Waals surface area contributed by atoms with Gasteiger partial charge in [0.2, 0.25) is 17.7 Å². The van der Waals surface area contributed by atoms with Gasteiger partial charge in [-0.2, -0.15) is 0 Å². The van der Waals surface area contributed by atoms with Crippen LogP contribution in [0.2, 0.25) is 0 Å². The third-order valence-electron chi connectivity index (χ3n) is 4.65. The number of carbonyl (C=O) groups is 2. The van der Waals surface area contributed by atoms with Crippen LogP contribution in [0, 0.1) is 17.3 Å². The molecule has 1 amide bonds. The van der Waals surface area contributed by atoms with Crippen LogP contribution in [0.5, 0.6) is 5.75 Å². The van der Waals surface area contributed by atoms with Crippen LogP contribution in [-0.4, -0.2) is 32.3 Å². The van der Waals surface area contributed by atoms with Gasteiger partial charge in [-0.15, -0.1) is 10.2 Å². The third kappa shape index (κ3) is 2.95. The fraction of sp³-hybridized carbons (Fsp3) is 0.412. The molecule has 2 atom stereocenters. The average molecular weight is 345 g/mol. The van der Waals surface area contributed by atoms with E-state index in [4.69, 9.17) is 4.42 Å². The van der Waals surface area contributed by atoms with Crippen molar-refractivity contribution in [1.82, 2.24) is 10.2 Å². The van der Waals surface area contributed by atoms with Gasteiger partial charge in [0, 0.05) is 12.0 Å². The molecule has 0 saturated heterocycles. The minimum atomic E-state index is -0.999. The number of anilines is 1. The Labute approximate surface area is 143 Å². The number of aromatic hydroxyl groups is 1. The molecule has 3 rings (SSSR count). The van der Waals surface area contributed by atoms with Crippen LogP contribution in [0.4, 0.5) is 5.69 Å². The van der Waals surface area contributed by atoms with Crippen molar-refractivity contribution in [2.45, 2.75) is 27.2 Å². The molecule has 1 aliphatic rings. The second kappa shape index (κ2) is 5.87. The molecule has 1 saturated carbocycles. The van der Waals surface area contributed by atoms with Gasteiger partial charge in [-0.05, 0) is 23.6 Å². The number of aryl methyl sites for hydroxylation is 1. The molecule has 2 aromatic rings. The number of hydrogen-bond acceptors (Lipinski definition) is 6. The van der Waals surface area contributed by atoms with Crippen LogP contribution in [-0.2, 0) is 16.0 Å². The predicted molar refractivity (Wildman–Crippen MR) is 87.8 cm³/mol. The Bertz CT molecular complexity index is 843. The second-order valence-electron chi connectivity index (χ2n) is 6.69. The Morgan fingerprint density at radius 1 is 1.28 bits per heavy atom. The van der Waals surface area contributed by atoms with E-state index in [9.17, 15) is 19.8 Å². The van der Waals surface area contributed by atoms with Crippen LogP contribution in [0.15, 0.2) is 22.6 Å². The molecule has 0 spiro atoms. The van der Waals surface area contributed by atoms with Crippen LogP contribution < -0.4 is 5.32 Å². The zero-order chi connectivity index (χ0) is 18.4. The maximum Gasteiger partial charge on any atom is 0.307 e. The lowest BCUT2D eigenvalue weighted by Gasteiger charge is -2.09. The summed E-state index contributed by atoms with van der Waals surface area (Å²) in [6, 6.07) is 4.53. The topological polar surface area (TPSA) is 126 Å². The Morgan fingerprint density at radius 3 is 2.56 bits per heavy atom. The predicted octanol–water partition coefficient (Wildman–Crippen LogP) is 2.30. The summed E-state index contributed by atoms with van der Waals surface area (Å²) >= 11 is 0. The van der Waals surface area contributed by atoms with E-state index in [1.54, 1.807) is 19.9 Å². The summed E-state index contributed by atoms with van der Waals surface area (Å²) in [7, 11) is 0. The Hall–Kier alpha value is -2.90. The summed E-state index contributed by atoms with van der Waals surface area (Å²) in [5, 5.41) is 29.6. The van der Waals surface area contributed by atoms with Crippen molar-refractivity contribution in [1.29, 1.82) is 0 Å². The van der Waals surface area contributed by atoms with E-state index >= 15 is 0 Å². The van der Waals surface area contributed by atoms with Crippen LogP contribution in [0.3, 0.4) is 0 Å². The van der Waals surface area contributed by atoms with Gasteiger partial charge < -0.3 is 19.9 Å². The van der Waals surface area contributed by atoms with Crippen LogP contribution in [0.25, 0.3) is 11.5 Å². The van der Waals surface area contributed by atoms with E-state index in [-0.39, 0.29) is 17.3 Å². The van der Waals surface area contributed by atoms with E-state index in [0.29, 0.717) is 17.9 Å². The number of aliphatic carboxylic acids is 1. The number of benzene rings is 1. The maximum absolute atomic E-state index is 12.4. The molecular weight excluding hydrogens is 326 g/mol. The molecule has 8 heteroatoms. The van der Waals surface area contributed by atoms with Gasteiger partial charge in [0.05, 0.1) is 17.5 Å². The van der Waals surface area contributed by atoms with Gasteiger partial charge in [-0.25, -0.2) is 0 Å². The number of hydrogen-bond donors (Lipinski definition) is 3. The minimum absolute atomic E-state index is 0.127. The summed E-state index contributed by atoms with van der Waals surface area (Å²) in [5.41, 5.74) is 0.0989. The second-order valence-corrected chi connectivity index (χ2v) is 6.69. The van der Waals surface area contributed by atoms with Crippen molar-refractivity contribution >= 4 is 17.6 Å². The lowest BCUT2D eigenvalue weighted by molar-refractivity contribution is -0.140. The number of carbonyl (C=O) groups excluding carboxylic acids is 1. The molecule has 0 unspecified atom stereocenters. The summed E-state index contributed by atoms with van der Waals surface area (Å²) in [4.78, 5) is 23.6. The standard InChI is InChI=1S/C17H19N3O5/c1-4-11-19-20-15(25-11)8-5-6-10(21)9(7-8)18-14(22)12-13(16(23)24)17(12,2)3/h5-7,12-13,21H,4H2,1-3H3,(H,18,22)(H,23,24)/t12-,13-/m1/s1. The maximum atomic E-state index is 12.4. The van der Waals surface area contributed by atoms with E-state index < -0.39 is 29.1 Å². The van der Waals surface area contributed by atoms with Gasteiger partial charge in [-0.3, -0.25) is 9.59 Å². The lowest BCUT2D eigenvalue weighted by Crippen LogP contribution is -2.17. The minimum Gasteiger partial charge on any atom is -0.506 e. The summed E-state index contributed by atoms with van der Waals surface area (Å²) in [6.07, 6.45) is 0.599. The Kier molecular flexibility index (Phi) is 3.98. The average Bonchev–Trinajstić information content (AvgIpc) is 2.92. The monoisotopic (exact) mass is 345 g/mol. The number of nitrogens with zero attached hydrogens (tertiary/aromatic N) is 2. The summed E-state index contributed by atoms with van der Waals surface area (Å²) in [5.74, 6) is -2.19. The first-order valence-electron chi connectivity index (χ1n) is 7.95. The highest BCUT2D eigenvalue weighted by atomic mass is 16.4. The molecule has 1 aromatic heterocycles. The van der Waals surface area contributed by atoms with Crippen molar-refractivity contribution in [3.8, 4) is 17.2 Å². The van der Waals surface area contributed by atoms with Crippen molar-refractivity contribution < 1.29 is 24.2 Å². The SMILES string of the molecule is CCc1nnc(-c2ccc(O)c(NC(=O)[C@H]3[C@H](C(=O)O)C3(C)C)c2)o1. The van der Waals surface area contributed by atoms with Crippen molar-refractivity contribution in [2.75, 3.05) is 5.32 Å². The van der Waals surface area contributed by atoms with Gasteiger partial charge in [0.25, 0.3) is 0 Å². The number of aromatic nitrogens is 2. The molecule has 3 N–H and O–H groups in total. The zero-order valence-electron chi connectivity index (χ0n) is 14.1. The summed E-state index contributed by atoms with van der Waals surface area (Å²) < 4.78 is 5.47. The first-order chi connectivity index (χ1) is 11.8. The van der Waals surface area contributed by atoms with Crippen molar-refractivity contribution in [3.05, 3.63) is 24.1 Å². The molecule has 25 heavy (non-hydrogen) atoms. The molecule has 132 valence electrons. The third-order valence-corrected chi connectivity index (χ3v) is 4.65. The fourth-order valence-corrected chi connectivity index (χ4v) is 3.08. The highest BCUT2D eigenvalue weighted by molar-refractivity contribution is 6.00. The number of amides is 1. The van der Waals surface area contributed by atoms with Crippen molar-refractivity contribution in [3.63, 3.8) is 0 Å². The van der Waals surface area contributed by atoms with E-state index in [1.165, 1.54) is 12.1 Å². The van der Waals surface area contributed by atoms with Crippen molar-refractivity contribution in [2.24, 2.45) is 17.3 Å². The normalized spacial score (nSPS) is 20.9. The van der Waals surface area contributed by atoms with Gasteiger partial charge in [0.1, 0.15) is 5.75 Å². The van der Waals surface area contributed by atoms with Gasteiger partial charge in [0.15, 0.2) is 0 Å². The first-order valence-corrected chi connectivity index (χ1v) is 7.95. The largest absolute Gasteiger partial charge is 0.506 e. The number of nitrogens with one attached hydrogen (secondary N) is 1. The molecule has 0 bridgehead atoms. The first kappa shape index (κ1) is 16.9. The lowest BCUT2D eigenvalue weighted by atomic mass is 10.1. The number of rotatable bonds is 5. The van der Waals surface area contributed by atoms with Gasteiger partial charge in [-0.1, -0.05) is 20.8 Å². The smallest absolute Gasteiger partial charge is 0.307 e. The molecular formula is C17H19N3O5. The van der Waals surface area contributed by atoms with E-state index in [0.717, 1.165) is 0 Å². The number of phenols is 1. The Morgan fingerprint density at radius 2 is 2.00 bits per heavy atom. The quantitative estimate of drug-likeness (QED) is 0.710. The molecule has 0 radical (unpaired) electrons. The van der Waals surface area contributed by atoms with Gasteiger partial charge >= 0.3 is 5.97 Å². The Balaban J connectivity index is 1.82. The highest BCUT2D eigenvalue weighted by Gasteiger charge is 2.65. The highest BCUT2D eigenvalue weighted by Crippen LogP contribution is 2.58. The van der Waals surface area contributed by atoms with Crippen LogP contribution in [0.1, 0.15) is 26.7 Å². The number of phenolic OH excluding ortho intramolecular Hbond substituents is 1. The fourth-order valence-electron chi connectivity index (χ4n) is 3.08. The van der Waals surface area contributed by atoms with Crippen LogP contribution >= 0.6 is 0 Å². The zero-order valence-corrected chi connectivity index (χ0v) is 14.1. The molecule has 1 aromatic carbocycles. The molecule has 8 nitrogen and oxygen atoms in total. The number of carboxylic acids is 1. The molecule has 1 fully saturated rings. The number of carboxylic acid groups (broad SMARTS) is 1. The molecule has 0 aliphatic heterocycles. The van der Waals surface area contributed by atoms with E-state index in [1.807, 2.05) is 6.92 Å². The molecule has 1 heterocycles. The summed E-state index contributed by atoms with van der Waals surface area (Å²) in [6.45, 7) is 5.35.